The summed E-state index contributed by atoms with van der Waals surface area (Å²) in [6.07, 6.45) is 5.68. The molecule has 0 bridgehead atoms. The van der Waals surface area contributed by atoms with Gasteiger partial charge in [0.05, 0.1) is 5.76 Å². The normalized spacial score (nSPS) is 22.9. The molecule has 16 heavy (non-hydrogen) atoms. The van der Waals surface area contributed by atoms with Crippen molar-refractivity contribution in [2.75, 3.05) is 13.1 Å². The van der Waals surface area contributed by atoms with Crippen LogP contribution in [0.2, 0.25) is 18.1 Å². The summed E-state index contributed by atoms with van der Waals surface area (Å²) in [5.41, 5.74) is 0. The zero-order valence-corrected chi connectivity index (χ0v) is 12.5. The Morgan fingerprint density at radius 2 is 1.94 bits per heavy atom. The van der Waals surface area contributed by atoms with Gasteiger partial charge in [-0.25, -0.2) is 0 Å². The van der Waals surface area contributed by atoms with Crippen molar-refractivity contribution < 1.29 is 4.43 Å². The van der Waals surface area contributed by atoms with Gasteiger partial charge < -0.3 is 9.74 Å². The zero-order valence-electron chi connectivity index (χ0n) is 11.5. The second kappa shape index (κ2) is 5.37. The molecule has 3 heteroatoms. The lowest BCUT2D eigenvalue weighted by Gasteiger charge is -2.37. The van der Waals surface area contributed by atoms with Crippen LogP contribution in [0.5, 0.6) is 0 Å². The highest BCUT2D eigenvalue weighted by atomic mass is 28.4. The predicted molar refractivity (Wildman–Crippen MR) is 73.1 cm³/mol. The Bertz CT molecular complexity index is 253. The first-order valence-electron chi connectivity index (χ1n) is 6.42. The van der Waals surface area contributed by atoms with E-state index in [9.17, 15) is 0 Å². The van der Waals surface area contributed by atoms with Crippen LogP contribution in [0, 0.1) is 0 Å². The fourth-order valence-corrected chi connectivity index (χ4v) is 2.67. The van der Waals surface area contributed by atoms with Crippen molar-refractivity contribution in [1.82, 2.24) is 5.32 Å². The molecule has 0 spiro atoms. The van der Waals surface area contributed by atoms with Crippen molar-refractivity contribution in [3.8, 4) is 0 Å². The summed E-state index contributed by atoms with van der Waals surface area (Å²) in [6.45, 7) is 13.7. The standard InChI is InChI=1S/C13H27NOSi/c1-13(2,3)16(4,5)15-12-8-6-10-14-11-7-9-12/h8,14H,6-7,9-11H2,1-5H3/b12-8+. The fraction of sp³-hybridized carbons (Fsp3) is 0.846. The Balaban J connectivity index is 2.64. The molecule has 1 rings (SSSR count). The summed E-state index contributed by atoms with van der Waals surface area (Å²) in [7, 11) is -1.62. The molecule has 0 aromatic rings. The highest BCUT2D eigenvalue weighted by Gasteiger charge is 2.39. The van der Waals surface area contributed by atoms with Crippen LogP contribution >= 0.6 is 0 Å². The largest absolute Gasteiger partial charge is 0.547 e. The number of hydrogen-bond donors (Lipinski definition) is 1. The van der Waals surface area contributed by atoms with Crippen LogP contribution in [0.25, 0.3) is 0 Å². The molecule has 0 amide bonds. The summed E-state index contributed by atoms with van der Waals surface area (Å²) >= 11 is 0. The Labute approximate surface area is 102 Å². The molecule has 0 radical (unpaired) electrons. The summed E-state index contributed by atoms with van der Waals surface area (Å²) in [5.74, 6) is 1.24. The van der Waals surface area contributed by atoms with Crippen molar-refractivity contribution in [3.63, 3.8) is 0 Å². The van der Waals surface area contributed by atoms with Gasteiger partial charge in [0, 0.05) is 6.42 Å². The van der Waals surface area contributed by atoms with E-state index in [2.05, 4.69) is 45.3 Å². The van der Waals surface area contributed by atoms with E-state index in [4.69, 9.17) is 4.43 Å². The molecule has 0 fully saturated rings. The minimum Gasteiger partial charge on any atom is -0.547 e. The van der Waals surface area contributed by atoms with E-state index in [0.717, 1.165) is 25.9 Å². The van der Waals surface area contributed by atoms with Crippen LogP contribution in [-0.4, -0.2) is 21.4 Å². The molecule has 0 aliphatic carbocycles. The predicted octanol–water partition coefficient (Wildman–Crippen LogP) is 3.67. The Hall–Kier alpha value is -0.283. The third-order valence-corrected chi connectivity index (χ3v) is 8.05. The molecular weight excluding hydrogens is 214 g/mol. The van der Waals surface area contributed by atoms with Gasteiger partial charge in [-0.3, -0.25) is 0 Å². The molecule has 94 valence electrons. The van der Waals surface area contributed by atoms with Gasteiger partial charge in [-0.1, -0.05) is 20.8 Å². The summed E-state index contributed by atoms with van der Waals surface area (Å²) in [4.78, 5) is 0. The third kappa shape index (κ3) is 3.94. The minimum absolute atomic E-state index is 0.300. The first-order chi connectivity index (χ1) is 7.33. The molecular formula is C13H27NOSi. The van der Waals surface area contributed by atoms with Gasteiger partial charge >= 0.3 is 0 Å². The maximum atomic E-state index is 6.35. The molecule has 0 saturated heterocycles. The average Bonchev–Trinajstić information content (AvgIpc) is 2.07. The number of hydrogen-bond acceptors (Lipinski definition) is 2. The first kappa shape index (κ1) is 13.8. The lowest BCUT2D eigenvalue weighted by atomic mass is 10.2. The Morgan fingerprint density at radius 1 is 1.25 bits per heavy atom. The maximum Gasteiger partial charge on any atom is 0.250 e. The van der Waals surface area contributed by atoms with Gasteiger partial charge in [0.2, 0.25) is 8.32 Å². The van der Waals surface area contributed by atoms with Crippen LogP contribution < -0.4 is 5.32 Å². The fourth-order valence-electron chi connectivity index (χ4n) is 1.52. The van der Waals surface area contributed by atoms with E-state index in [1.165, 1.54) is 12.2 Å². The molecule has 2 nitrogen and oxygen atoms in total. The molecule has 0 aromatic carbocycles. The SMILES string of the molecule is CC(C)(C)[Si](C)(C)O/C1=C/CCNCCC1. The molecule has 1 N–H and O–H groups in total. The maximum absolute atomic E-state index is 6.35. The van der Waals surface area contributed by atoms with E-state index < -0.39 is 8.32 Å². The summed E-state index contributed by atoms with van der Waals surface area (Å²) in [5, 5.41) is 3.71. The first-order valence-corrected chi connectivity index (χ1v) is 9.32. The van der Waals surface area contributed by atoms with E-state index in [1.807, 2.05) is 0 Å². The molecule has 1 heterocycles. The lowest BCUT2D eigenvalue weighted by molar-refractivity contribution is 0.356. The Morgan fingerprint density at radius 3 is 2.56 bits per heavy atom. The monoisotopic (exact) mass is 241 g/mol. The molecule has 0 saturated carbocycles. The number of nitrogens with one attached hydrogen (secondary N) is 1. The number of rotatable bonds is 2. The van der Waals surface area contributed by atoms with Crippen LogP contribution in [0.4, 0.5) is 0 Å². The van der Waals surface area contributed by atoms with Gasteiger partial charge in [-0.05, 0) is 50.1 Å². The Kier molecular flexibility index (Phi) is 4.62. The average molecular weight is 241 g/mol. The molecule has 0 atom stereocenters. The van der Waals surface area contributed by atoms with E-state index >= 15 is 0 Å². The van der Waals surface area contributed by atoms with E-state index in [1.54, 1.807) is 0 Å². The van der Waals surface area contributed by atoms with Crippen LogP contribution in [0.3, 0.4) is 0 Å². The van der Waals surface area contributed by atoms with Crippen LogP contribution in [-0.2, 0) is 4.43 Å². The van der Waals surface area contributed by atoms with Gasteiger partial charge in [-0.15, -0.1) is 0 Å². The quantitative estimate of drug-likeness (QED) is 0.745. The second-order valence-corrected chi connectivity index (χ2v) is 10.9. The highest BCUT2D eigenvalue weighted by Crippen LogP contribution is 2.38. The van der Waals surface area contributed by atoms with Gasteiger partial charge in [-0.2, -0.15) is 0 Å². The molecule has 1 aliphatic heterocycles. The lowest BCUT2D eigenvalue weighted by Crippen LogP contribution is -2.40. The summed E-state index contributed by atoms with van der Waals surface area (Å²) < 4.78 is 6.35. The zero-order chi connectivity index (χ0) is 12.2. The van der Waals surface area contributed by atoms with Gasteiger partial charge in [0.15, 0.2) is 0 Å². The second-order valence-electron chi connectivity index (χ2n) is 6.18. The third-order valence-electron chi connectivity index (χ3n) is 3.66. The van der Waals surface area contributed by atoms with Gasteiger partial charge in [0.25, 0.3) is 0 Å². The van der Waals surface area contributed by atoms with Crippen molar-refractivity contribution in [2.24, 2.45) is 0 Å². The van der Waals surface area contributed by atoms with Crippen molar-refractivity contribution >= 4 is 8.32 Å². The van der Waals surface area contributed by atoms with Gasteiger partial charge in [0.1, 0.15) is 0 Å². The smallest absolute Gasteiger partial charge is 0.250 e. The molecule has 1 aliphatic rings. The highest BCUT2D eigenvalue weighted by molar-refractivity contribution is 6.74. The molecule has 0 aromatic heterocycles. The van der Waals surface area contributed by atoms with Crippen LogP contribution in [0.1, 0.15) is 40.0 Å². The van der Waals surface area contributed by atoms with Crippen LogP contribution in [0.15, 0.2) is 11.8 Å². The van der Waals surface area contributed by atoms with Crippen molar-refractivity contribution in [2.45, 2.75) is 58.2 Å². The molecule has 0 unspecified atom stereocenters. The van der Waals surface area contributed by atoms with Crippen molar-refractivity contribution in [3.05, 3.63) is 11.8 Å². The topological polar surface area (TPSA) is 21.3 Å². The minimum atomic E-state index is -1.62. The van der Waals surface area contributed by atoms with Crippen molar-refractivity contribution in [1.29, 1.82) is 0 Å². The van der Waals surface area contributed by atoms with E-state index in [-0.39, 0.29) is 0 Å². The summed E-state index contributed by atoms with van der Waals surface area (Å²) in [6, 6.07) is 0. The number of allylic oxidation sites excluding steroid dienone is 1. The van der Waals surface area contributed by atoms with E-state index in [0.29, 0.717) is 5.04 Å².